The second-order valence-electron chi connectivity index (χ2n) is 8.44. The molecule has 2 saturated heterocycles. The van der Waals surface area contributed by atoms with Crippen molar-refractivity contribution in [1.82, 2.24) is 10.6 Å². The number of hydrogen-bond acceptors (Lipinski definition) is 8. The lowest BCUT2D eigenvalue weighted by atomic mass is 9.95. The SMILES string of the molecule is COC(OC)C1CCN(c2ccc3c(CNC4CCC(=O)NC4=O)c(C(=O)O)oc3c2)CC1. The van der Waals surface area contributed by atoms with Crippen molar-refractivity contribution < 1.29 is 33.4 Å². The Morgan fingerprint density at radius 3 is 2.61 bits per heavy atom. The zero-order chi connectivity index (χ0) is 23.5. The van der Waals surface area contributed by atoms with E-state index in [0.717, 1.165) is 31.6 Å². The van der Waals surface area contributed by atoms with Gasteiger partial charge in [0.25, 0.3) is 0 Å². The first-order chi connectivity index (χ1) is 15.9. The topological polar surface area (TPSA) is 130 Å². The second-order valence-corrected chi connectivity index (χ2v) is 8.44. The third kappa shape index (κ3) is 4.87. The van der Waals surface area contributed by atoms with E-state index in [4.69, 9.17) is 13.9 Å². The van der Waals surface area contributed by atoms with E-state index in [0.29, 0.717) is 28.9 Å². The molecule has 4 rings (SSSR count). The average Bonchev–Trinajstić information content (AvgIpc) is 3.18. The minimum absolute atomic E-state index is 0.140. The zero-order valence-corrected chi connectivity index (χ0v) is 18.8. The molecule has 1 aromatic heterocycles. The van der Waals surface area contributed by atoms with Gasteiger partial charge in [-0.3, -0.25) is 14.9 Å². The van der Waals surface area contributed by atoms with Crippen LogP contribution in [0.5, 0.6) is 0 Å². The molecule has 1 unspecified atom stereocenters. The van der Waals surface area contributed by atoms with Gasteiger partial charge in [0.1, 0.15) is 5.58 Å². The third-order valence-electron chi connectivity index (χ3n) is 6.49. The summed E-state index contributed by atoms with van der Waals surface area (Å²) in [5, 5.41) is 15.7. The van der Waals surface area contributed by atoms with E-state index >= 15 is 0 Å². The first kappa shape index (κ1) is 23.2. The van der Waals surface area contributed by atoms with E-state index in [1.165, 1.54) is 0 Å². The molecule has 1 atom stereocenters. The van der Waals surface area contributed by atoms with E-state index < -0.39 is 17.9 Å². The summed E-state index contributed by atoms with van der Waals surface area (Å²) in [5.41, 5.74) is 1.93. The van der Waals surface area contributed by atoms with Gasteiger partial charge < -0.3 is 29.2 Å². The fraction of sp³-hybridized carbons (Fsp3) is 0.522. The van der Waals surface area contributed by atoms with Crippen molar-refractivity contribution in [1.29, 1.82) is 0 Å². The maximum Gasteiger partial charge on any atom is 0.372 e. The van der Waals surface area contributed by atoms with Crippen LogP contribution in [-0.2, 0) is 25.6 Å². The molecule has 2 amide bonds. The predicted molar refractivity (Wildman–Crippen MR) is 119 cm³/mol. The van der Waals surface area contributed by atoms with Gasteiger partial charge in [-0.05, 0) is 31.4 Å². The quantitative estimate of drug-likeness (QED) is 0.400. The zero-order valence-electron chi connectivity index (χ0n) is 18.8. The number of hydrogen-bond donors (Lipinski definition) is 3. The van der Waals surface area contributed by atoms with Crippen LogP contribution in [0, 0.1) is 5.92 Å². The molecule has 2 fully saturated rings. The van der Waals surface area contributed by atoms with Gasteiger partial charge in [0.2, 0.25) is 17.6 Å². The molecule has 1 aromatic carbocycles. The lowest BCUT2D eigenvalue weighted by Crippen LogP contribution is -2.50. The smallest absolute Gasteiger partial charge is 0.372 e. The van der Waals surface area contributed by atoms with Crippen molar-refractivity contribution in [3.63, 3.8) is 0 Å². The van der Waals surface area contributed by atoms with Crippen molar-refractivity contribution in [3.05, 3.63) is 29.5 Å². The van der Waals surface area contributed by atoms with Crippen LogP contribution in [0.4, 0.5) is 5.69 Å². The highest BCUT2D eigenvalue weighted by Crippen LogP contribution is 2.32. The van der Waals surface area contributed by atoms with Crippen molar-refractivity contribution in [2.75, 3.05) is 32.2 Å². The third-order valence-corrected chi connectivity index (χ3v) is 6.49. The summed E-state index contributed by atoms with van der Waals surface area (Å²) in [7, 11) is 3.30. The van der Waals surface area contributed by atoms with Crippen LogP contribution in [0.15, 0.2) is 22.6 Å². The van der Waals surface area contributed by atoms with Gasteiger partial charge in [-0.2, -0.15) is 0 Å². The van der Waals surface area contributed by atoms with E-state index in [-0.39, 0.29) is 30.9 Å². The molecule has 0 saturated carbocycles. The number of carboxylic acid groups (broad SMARTS) is 1. The van der Waals surface area contributed by atoms with Gasteiger partial charge >= 0.3 is 5.97 Å². The van der Waals surface area contributed by atoms with Gasteiger partial charge in [0.15, 0.2) is 6.29 Å². The van der Waals surface area contributed by atoms with E-state index in [9.17, 15) is 19.5 Å². The molecule has 0 bridgehead atoms. The number of carboxylic acids is 1. The van der Waals surface area contributed by atoms with Crippen LogP contribution < -0.4 is 15.5 Å². The number of aromatic carboxylic acids is 1. The Hall–Kier alpha value is -2.95. The molecule has 33 heavy (non-hydrogen) atoms. The van der Waals surface area contributed by atoms with Gasteiger partial charge in [0.05, 0.1) is 6.04 Å². The fourth-order valence-corrected chi connectivity index (χ4v) is 4.71. The number of carbonyl (C=O) groups is 3. The number of ether oxygens (including phenoxy) is 2. The van der Waals surface area contributed by atoms with E-state index in [1.807, 2.05) is 18.2 Å². The van der Waals surface area contributed by atoms with Crippen LogP contribution in [0.3, 0.4) is 0 Å². The Morgan fingerprint density at radius 1 is 1.24 bits per heavy atom. The summed E-state index contributed by atoms with van der Waals surface area (Å²) in [4.78, 5) is 37.4. The van der Waals surface area contributed by atoms with Gasteiger partial charge in [-0.25, -0.2) is 4.79 Å². The highest BCUT2D eigenvalue weighted by atomic mass is 16.7. The molecule has 2 aromatic rings. The summed E-state index contributed by atoms with van der Waals surface area (Å²) in [6, 6.07) is 5.13. The molecule has 3 N–H and O–H groups in total. The molecule has 10 heteroatoms. The Bertz CT molecular complexity index is 1040. The molecule has 10 nitrogen and oxygen atoms in total. The monoisotopic (exact) mass is 459 g/mol. The van der Waals surface area contributed by atoms with Crippen molar-refractivity contribution in [2.24, 2.45) is 5.92 Å². The highest BCUT2D eigenvalue weighted by Gasteiger charge is 2.29. The van der Waals surface area contributed by atoms with Gasteiger partial charge in [0, 0.05) is 68.9 Å². The van der Waals surface area contributed by atoms with Crippen LogP contribution in [0.1, 0.15) is 41.8 Å². The molecule has 3 heterocycles. The number of anilines is 1. The lowest BCUT2D eigenvalue weighted by molar-refractivity contribution is -0.141. The highest BCUT2D eigenvalue weighted by molar-refractivity contribution is 6.00. The Kier molecular flexibility index (Phi) is 6.96. The minimum Gasteiger partial charge on any atom is -0.475 e. The molecular weight excluding hydrogens is 430 g/mol. The normalized spacial score (nSPS) is 20.0. The number of piperidine rings is 2. The molecule has 0 radical (unpaired) electrons. The predicted octanol–water partition coefficient (Wildman–Crippen LogP) is 1.86. The summed E-state index contributed by atoms with van der Waals surface area (Å²) in [6.07, 6.45) is 2.25. The van der Waals surface area contributed by atoms with E-state index in [2.05, 4.69) is 15.5 Å². The molecule has 2 aliphatic heterocycles. The van der Waals surface area contributed by atoms with Crippen LogP contribution in [0.25, 0.3) is 11.0 Å². The second kappa shape index (κ2) is 9.90. The Balaban J connectivity index is 1.50. The lowest BCUT2D eigenvalue weighted by Gasteiger charge is -2.36. The molecule has 2 aliphatic rings. The summed E-state index contributed by atoms with van der Waals surface area (Å²) < 4.78 is 16.5. The van der Waals surface area contributed by atoms with Crippen LogP contribution in [0.2, 0.25) is 0 Å². The number of furan rings is 1. The molecule has 0 aliphatic carbocycles. The standard InChI is InChI=1S/C23H29N3O7/c1-31-23(32-2)13-7-9-26(10-8-13)14-3-4-15-16(20(22(29)30)33-18(15)11-14)12-24-17-5-6-19(27)25-21(17)28/h3-4,11,13,17,23-24H,5-10,12H2,1-2H3,(H,29,30)(H,25,27,28). The van der Waals surface area contributed by atoms with Crippen molar-refractivity contribution >= 4 is 34.4 Å². The number of amides is 2. The van der Waals surface area contributed by atoms with Crippen molar-refractivity contribution in [2.45, 2.75) is 44.6 Å². The number of rotatable bonds is 8. The van der Waals surface area contributed by atoms with Gasteiger partial charge in [-0.15, -0.1) is 0 Å². The summed E-state index contributed by atoms with van der Waals surface area (Å²) in [6.45, 7) is 1.80. The van der Waals surface area contributed by atoms with Crippen LogP contribution in [-0.4, -0.2) is 62.5 Å². The minimum atomic E-state index is -1.17. The summed E-state index contributed by atoms with van der Waals surface area (Å²) in [5.74, 6) is -1.69. The van der Waals surface area contributed by atoms with E-state index in [1.54, 1.807) is 14.2 Å². The maximum atomic E-state index is 12.0. The first-order valence-electron chi connectivity index (χ1n) is 11.1. The largest absolute Gasteiger partial charge is 0.475 e. The average molecular weight is 459 g/mol. The number of carbonyl (C=O) groups excluding carboxylic acids is 2. The number of benzene rings is 1. The summed E-state index contributed by atoms with van der Waals surface area (Å²) >= 11 is 0. The van der Waals surface area contributed by atoms with Crippen LogP contribution >= 0.6 is 0 Å². The van der Waals surface area contributed by atoms with Gasteiger partial charge in [-0.1, -0.05) is 0 Å². The number of fused-ring (bicyclic) bond motifs is 1. The number of imide groups is 1. The molecular formula is C23H29N3O7. The number of nitrogens with zero attached hydrogens (tertiary/aromatic N) is 1. The maximum absolute atomic E-state index is 12.0. The van der Waals surface area contributed by atoms with Crippen molar-refractivity contribution in [3.8, 4) is 0 Å². The number of methoxy groups -OCH3 is 2. The Morgan fingerprint density at radius 2 is 1.97 bits per heavy atom. The fourth-order valence-electron chi connectivity index (χ4n) is 4.71. The molecule has 178 valence electrons. The number of nitrogens with one attached hydrogen (secondary N) is 2. The Labute approximate surface area is 191 Å². The first-order valence-corrected chi connectivity index (χ1v) is 11.1. The molecule has 0 spiro atoms.